The molecule has 78 valence electrons. The second-order valence-corrected chi connectivity index (χ2v) is 4.28. The van der Waals surface area contributed by atoms with Gasteiger partial charge in [-0.2, -0.15) is 0 Å². The number of thiocarbonyl (C=S) groups is 1. The monoisotopic (exact) mass is 211 g/mol. The zero-order valence-corrected chi connectivity index (χ0v) is 9.55. The number of nitrogens with zero attached hydrogens (tertiary/aromatic N) is 1. The lowest BCUT2D eigenvalue weighted by atomic mass is 9.97. The summed E-state index contributed by atoms with van der Waals surface area (Å²) in [6.07, 6.45) is 7.03. The van der Waals surface area contributed by atoms with Gasteiger partial charge in [0.05, 0.1) is 6.10 Å². The molecule has 0 bridgehead atoms. The molecule has 0 amide bonds. The number of hydrogen-bond acceptors (Lipinski definition) is 3. The Balaban J connectivity index is 2.50. The van der Waals surface area contributed by atoms with Crippen molar-refractivity contribution >= 4 is 17.1 Å². The number of aliphatic hydroxyl groups is 1. The van der Waals surface area contributed by atoms with Crippen molar-refractivity contribution in [2.75, 3.05) is 20.6 Å². The fraction of sp³-hybridized carbons (Fsp3) is 0.545. The highest BCUT2D eigenvalue weighted by Gasteiger charge is 2.15. The Labute approximate surface area is 90.9 Å². The Morgan fingerprint density at radius 1 is 1.57 bits per heavy atom. The van der Waals surface area contributed by atoms with Crippen LogP contribution in [0.1, 0.15) is 12.8 Å². The molecule has 1 aliphatic carbocycles. The molecule has 1 aliphatic rings. The van der Waals surface area contributed by atoms with Crippen LogP contribution in [0.2, 0.25) is 0 Å². The minimum absolute atomic E-state index is 0.408. The first-order valence-electron chi connectivity index (χ1n) is 4.84. The predicted molar refractivity (Wildman–Crippen MR) is 63.6 cm³/mol. The highest BCUT2D eigenvalue weighted by molar-refractivity contribution is 7.80. The van der Waals surface area contributed by atoms with Gasteiger partial charge >= 0.3 is 0 Å². The average molecular weight is 211 g/mol. The first-order valence-corrected chi connectivity index (χ1v) is 5.25. The lowest BCUT2D eigenvalue weighted by molar-refractivity contribution is 0.190. The molecule has 1 rings (SSSR count). The molecular weight excluding hydrogens is 194 g/mol. The molecule has 3 heteroatoms. The smallest absolute Gasteiger partial charge is 0.0813 e. The van der Waals surface area contributed by atoms with Gasteiger partial charge in [0.2, 0.25) is 0 Å². The summed E-state index contributed by atoms with van der Waals surface area (Å²) in [6, 6.07) is 0. The summed E-state index contributed by atoms with van der Waals surface area (Å²) < 4.78 is 0. The number of allylic oxidation sites excluding steroid dienone is 3. The van der Waals surface area contributed by atoms with Crippen LogP contribution in [0, 0.1) is 0 Å². The highest BCUT2D eigenvalue weighted by atomic mass is 32.1. The maximum Gasteiger partial charge on any atom is 0.0813 e. The topological polar surface area (TPSA) is 23.5 Å². The lowest BCUT2D eigenvalue weighted by Gasteiger charge is -2.19. The third-order valence-electron chi connectivity index (χ3n) is 2.25. The summed E-state index contributed by atoms with van der Waals surface area (Å²) in [4.78, 5) is 2.93. The number of aliphatic hydroxyl groups excluding tert-OH is 1. The van der Waals surface area contributed by atoms with E-state index in [4.69, 9.17) is 12.2 Å². The maximum absolute atomic E-state index is 9.88. The Hall–Kier alpha value is -0.510. The molecule has 0 saturated heterocycles. The van der Waals surface area contributed by atoms with Crippen molar-refractivity contribution in [1.82, 2.24) is 4.90 Å². The zero-order valence-electron chi connectivity index (χ0n) is 8.73. The third-order valence-corrected chi connectivity index (χ3v) is 2.65. The minimum Gasteiger partial charge on any atom is -0.388 e. The Kier molecular flexibility index (Phi) is 4.45. The molecule has 0 saturated carbocycles. The molecule has 1 N–H and O–H groups in total. The largest absolute Gasteiger partial charge is 0.388 e. The summed E-state index contributed by atoms with van der Waals surface area (Å²) in [5.74, 6) is 0. The zero-order chi connectivity index (χ0) is 10.6. The fourth-order valence-electron chi connectivity index (χ4n) is 1.39. The minimum atomic E-state index is -0.408. The Morgan fingerprint density at radius 2 is 2.29 bits per heavy atom. The van der Waals surface area contributed by atoms with E-state index in [0.29, 0.717) is 0 Å². The molecule has 0 aromatic carbocycles. The van der Waals surface area contributed by atoms with E-state index in [1.165, 1.54) is 0 Å². The van der Waals surface area contributed by atoms with Crippen LogP contribution in [0.25, 0.3) is 0 Å². The second-order valence-electron chi connectivity index (χ2n) is 3.79. The van der Waals surface area contributed by atoms with Gasteiger partial charge in [-0.05, 0) is 26.1 Å². The van der Waals surface area contributed by atoms with Crippen LogP contribution in [-0.4, -0.2) is 41.6 Å². The van der Waals surface area contributed by atoms with E-state index in [0.717, 1.165) is 29.8 Å². The molecule has 0 heterocycles. The molecule has 14 heavy (non-hydrogen) atoms. The second kappa shape index (κ2) is 5.39. The van der Waals surface area contributed by atoms with Gasteiger partial charge in [-0.25, -0.2) is 0 Å². The van der Waals surface area contributed by atoms with Crippen molar-refractivity contribution in [2.24, 2.45) is 0 Å². The van der Waals surface area contributed by atoms with Gasteiger partial charge < -0.3 is 10.0 Å². The van der Waals surface area contributed by atoms with Crippen molar-refractivity contribution in [1.29, 1.82) is 0 Å². The molecule has 0 fully saturated rings. The first kappa shape index (κ1) is 11.6. The van der Waals surface area contributed by atoms with Gasteiger partial charge in [0.15, 0.2) is 0 Å². The normalized spacial score (nSPS) is 18.6. The summed E-state index contributed by atoms with van der Waals surface area (Å²) in [5.41, 5.74) is 0.921. The number of hydrogen-bond donors (Lipinski definition) is 1. The summed E-state index contributed by atoms with van der Waals surface area (Å²) >= 11 is 5.19. The van der Waals surface area contributed by atoms with Crippen LogP contribution in [0.3, 0.4) is 0 Å². The average Bonchev–Trinajstić information content (AvgIpc) is 2.15. The van der Waals surface area contributed by atoms with E-state index in [-0.39, 0.29) is 0 Å². The molecule has 0 aliphatic heterocycles. The van der Waals surface area contributed by atoms with E-state index in [2.05, 4.69) is 4.90 Å². The van der Waals surface area contributed by atoms with Crippen LogP contribution < -0.4 is 0 Å². The molecule has 2 nitrogen and oxygen atoms in total. The molecule has 0 radical (unpaired) electrons. The molecule has 0 spiro atoms. The predicted octanol–water partition coefficient (Wildman–Crippen LogP) is 1.56. The van der Waals surface area contributed by atoms with E-state index >= 15 is 0 Å². The molecule has 0 aromatic rings. The van der Waals surface area contributed by atoms with Gasteiger partial charge in [-0.3, -0.25) is 0 Å². The quantitative estimate of drug-likeness (QED) is 0.714. The van der Waals surface area contributed by atoms with E-state index < -0.39 is 6.10 Å². The van der Waals surface area contributed by atoms with Crippen molar-refractivity contribution in [3.05, 3.63) is 23.8 Å². The van der Waals surface area contributed by atoms with Crippen molar-refractivity contribution in [3.8, 4) is 0 Å². The summed E-state index contributed by atoms with van der Waals surface area (Å²) in [5, 5.41) is 9.88. The van der Waals surface area contributed by atoms with Crippen molar-refractivity contribution < 1.29 is 5.11 Å². The standard InChI is InChI=1S/C11H17NOS/c1-12(2)8-7-10(13)9-5-3-4-6-11(9)14/h3-5,10,13H,6-8H2,1-2H3/t10-/m0/s1. The molecule has 1 atom stereocenters. The number of rotatable bonds is 4. The fourth-order valence-corrected chi connectivity index (χ4v) is 1.69. The molecule has 0 aromatic heterocycles. The van der Waals surface area contributed by atoms with Gasteiger partial charge in [0, 0.05) is 17.8 Å². The Bertz CT molecular complexity index is 268. The van der Waals surface area contributed by atoms with E-state index in [9.17, 15) is 5.11 Å². The van der Waals surface area contributed by atoms with Crippen LogP contribution in [0.15, 0.2) is 23.8 Å². The van der Waals surface area contributed by atoms with Gasteiger partial charge in [-0.1, -0.05) is 30.4 Å². The van der Waals surface area contributed by atoms with Crippen molar-refractivity contribution in [3.63, 3.8) is 0 Å². The molecule has 0 unspecified atom stereocenters. The van der Waals surface area contributed by atoms with Crippen LogP contribution in [0.4, 0.5) is 0 Å². The van der Waals surface area contributed by atoms with Gasteiger partial charge in [-0.15, -0.1) is 0 Å². The van der Waals surface area contributed by atoms with Crippen LogP contribution >= 0.6 is 12.2 Å². The molecular formula is C11H17NOS. The van der Waals surface area contributed by atoms with E-state index in [1.54, 1.807) is 0 Å². The first-order chi connectivity index (χ1) is 6.61. The lowest BCUT2D eigenvalue weighted by Crippen LogP contribution is -2.23. The van der Waals surface area contributed by atoms with Crippen LogP contribution in [-0.2, 0) is 0 Å². The van der Waals surface area contributed by atoms with Gasteiger partial charge in [0.1, 0.15) is 0 Å². The van der Waals surface area contributed by atoms with E-state index in [1.807, 2.05) is 32.3 Å². The summed E-state index contributed by atoms with van der Waals surface area (Å²) in [6.45, 7) is 0.880. The van der Waals surface area contributed by atoms with Gasteiger partial charge in [0.25, 0.3) is 0 Å². The maximum atomic E-state index is 9.88. The SMILES string of the molecule is CN(C)CC[C@H](O)C1=CC=CCC1=S. The highest BCUT2D eigenvalue weighted by Crippen LogP contribution is 2.16. The Morgan fingerprint density at radius 3 is 2.86 bits per heavy atom. The van der Waals surface area contributed by atoms with Crippen LogP contribution in [0.5, 0.6) is 0 Å². The van der Waals surface area contributed by atoms with Crippen molar-refractivity contribution in [2.45, 2.75) is 18.9 Å². The summed E-state index contributed by atoms with van der Waals surface area (Å²) in [7, 11) is 4.00. The third kappa shape index (κ3) is 3.33.